The zero-order chi connectivity index (χ0) is 24.5. The third-order valence-corrected chi connectivity index (χ3v) is 7.42. The molecular weight excluding hydrogens is 450 g/mol. The molecule has 1 aliphatic carbocycles. The van der Waals surface area contributed by atoms with E-state index in [9.17, 15) is 9.90 Å². The summed E-state index contributed by atoms with van der Waals surface area (Å²) in [6.07, 6.45) is 7.48. The standard InChI is InChI=1S/C30H29N3O3/c34-27-11-5-4-10-26(27)33-18-25-24(30(33)35)16-22(23-9-6-14-31-29(23)25)15-21-12-13-28(32-17-21)36-19-20-7-2-1-3-8-20/h1-3,6-9,12-14,16-17,26-27,34H,4-5,10-11,15,18-19H2/t26-,27-/m0/s1. The highest BCUT2D eigenvalue weighted by molar-refractivity contribution is 6.04. The molecule has 3 heterocycles. The number of amides is 1. The van der Waals surface area contributed by atoms with Crippen LogP contribution in [0.1, 0.15) is 58.3 Å². The van der Waals surface area contributed by atoms with Crippen molar-refractivity contribution in [3.8, 4) is 5.88 Å². The van der Waals surface area contributed by atoms with Crippen LogP contribution in [0.2, 0.25) is 0 Å². The number of aromatic nitrogens is 2. The van der Waals surface area contributed by atoms with Crippen LogP contribution in [-0.2, 0) is 19.6 Å². The number of carbonyl (C=O) groups excluding carboxylic acids is 1. The number of aliphatic hydroxyl groups excluding tert-OH is 1. The molecule has 1 fully saturated rings. The maximum atomic E-state index is 13.5. The smallest absolute Gasteiger partial charge is 0.254 e. The molecule has 6 nitrogen and oxygen atoms in total. The van der Waals surface area contributed by atoms with Gasteiger partial charge in [0.2, 0.25) is 5.88 Å². The van der Waals surface area contributed by atoms with Crippen molar-refractivity contribution in [2.75, 3.05) is 0 Å². The predicted octanol–water partition coefficient (Wildman–Crippen LogP) is 5.06. The average Bonchev–Trinajstić information content (AvgIpc) is 3.25. The predicted molar refractivity (Wildman–Crippen MR) is 138 cm³/mol. The van der Waals surface area contributed by atoms with Gasteiger partial charge in [0, 0.05) is 41.5 Å². The average molecular weight is 480 g/mol. The first kappa shape index (κ1) is 22.7. The van der Waals surface area contributed by atoms with E-state index in [4.69, 9.17) is 4.74 Å². The van der Waals surface area contributed by atoms with Gasteiger partial charge in [-0.2, -0.15) is 0 Å². The Bertz CT molecular complexity index is 1390. The molecule has 0 saturated heterocycles. The summed E-state index contributed by atoms with van der Waals surface area (Å²) >= 11 is 0. The summed E-state index contributed by atoms with van der Waals surface area (Å²) in [6.45, 7) is 0.987. The van der Waals surface area contributed by atoms with E-state index in [-0.39, 0.29) is 11.9 Å². The summed E-state index contributed by atoms with van der Waals surface area (Å²) in [5, 5.41) is 11.6. The Morgan fingerprint density at radius 2 is 1.83 bits per heavy atom. The molecule has 1 amide bonds. The highest BCUT2D eigenvalue weighted by Gasteiger charge is 2.38. The van der Waals surface area contributed by atoms with Crippen molar-refractivity contribution >= 4 is 16.8 Å². The maximum Gasteiger partial charge on any atom is 0.254 e. The van der Waals surface area contributed by atoms with Gasteiger partial charge in [-0.1, -0.05) is 55.3 Å². The van der Waals surface area contributed by atoms with Crippen LogP contribution < -0.4 is 4.74 Å². The lowest BCUT2D eigenvalue weighted by atomic mass is 9.91. The Kier molecular flexibility index (Phi) is 6.11. The molecule has 2 aromatic carbocycles. The molecule has 0 bridgehead atoms. The normalized spacial score (nSPS) is 19.5. The molecule has 6 rings (SSSR count). The van der Waals surface area contributed by atoms with E-state index < -0.39 is 6.10 Å². The molecule has 4 aromatic rings. The second-order valence-corrected chi connectivity index (χ2v) is 9.77. The molecular formula is C30H29N3O3. The quantitative estimate of drug-likeness (QED) is 0.418. The monoisotopic (exact) mass is 479 g/mol. The fraction of sp³-hybridized carbons (Fsp3) is 0.300. The fourth-order valence-corrected chi connectivity index (χ4v) is 5.54. The zero-order valence-electron chi connectivity index (χ0n) is 20.1. The Hall–Kier alpha value is -3.77. The first-order valence-corrected chi connectivity index (χ1v) is 12.7. The molecule has 2 atom stereocenters. The topological polar surface area (TPSA) is 75.5 Å². The number of hydrogen-bond donors (Lipinski definition) is 1. The Balaban J connectivity index is 1.25. The van der Waals surface area contributed by atoms with Gasteiger partial charge in [0.05, 0.1) is 17.7 Å². The molecule has 182 valence electrons. The van der Waals surface area contributed by atoms with E-state index in [1.165, 1.54) is 0 Å². The number of hydrogen-bond acceptors (Lipinski definition) is 5. The molecule has 0 unspecified atom stereocenters. The van der Waals surface area contributed by atoms with Crippen LogP contribution in [0.25, 0.3) is 10.9 Å². The third kappa shape index (κ3) is 4.33. The zero-order valence-corrected chi connectivity index (χ0v) is 20.1. The fourth-order valence-electron chi connectivity index (χ4n) is 5.54. The largest absolute Gasteiger partial charge is 0.473 e. The van der Waals surface area contributed by atoms with Crippen LogP contribution >= 0.6 is 0 Å². The second-order valence-electron chi connectivity index (χ2n) is 9.77. The van der Waals surface area contributed by atoms with Crippen molar-refractivity contribution in [3.05, 3.63) is 101 Å². The molecule has 36 heavy (non-hydrogen) atoms. The van der Waals surface area contributed by atoms with Crippen molar-refractivity contribution in [1.29, 1.82) is 0 Å². The molecule has 1 aliphatic heterocycles. The minimum atomic E-state index is -0.454. The maximum absolute atomic E-state index is 13.5. The third-order valence-electron chi connectivity index (χ3n) is 7.42. The van der Waals surface area contributed by atoms with E-state index >= 15 is 0 Å². The minimum absolute atomic E-state index is 0.00698. The lowest BCUT2D eigenvalue weighted by molar-refractivity contribution is 0.0192. The van der Waals surface area contributed by atoms with Gasteiger partial charge in [0.25, 0.3) is 5.91 Å². The van der Waals surface area contributed by atoms with Crippen molar-refractivity contribution in [2.45, 2.75) is 57.4 Å². The van der Waals surface area contributed by atoms with Crippen molar-refractivity contribution in [2.24, 2.45) is 0 Å². The van der Waals surface area contributed by atoms with Gasteiger partial charge < -0.3 is 14.7 Å². The second kappa shape index (κ2) is 9.70. The molecule has 0 radical (unpaired) electrons. The highest BCUT2D eigenvalue weighted by Crippen LogP contribution is 2.36. The van der Waals surface area contributed by atoms with E-state index in [0.29, 0.717) is 31.0 Å². The Morgan fingerprint density at radius 1 is 0.972 bits per heavy atom. The van der Waals surface area contributed by atoms with Crippen LogP contribution in [0, 0.1) is 0 Å². The van der Waals surface area contributed by atoms with Crippen LogP contribution in [0.3, 0.4) is 0 Å². The van der Waals surface area contributed by atoms with Gasteiger partial charge in [0.1, 0.15) is 6.61 Å². The first-order valence-electron chi connectivity index (χ1n) is 12.7. The van der Waals surface area contributed by atoms with Crippen molar-refractivity contribution in [3.63, 3.8) is 0 Å². The summed E-state index contributed by atoms with van der Waals surface area (Å²) in [7, 11) is 0. The lowest BCUT2D eigenvalue weighted by Crippen LogP contribution is -2.45. The first-order chi connectivity index (χ1) is 17.7. The summed E-state index contributed by atoms with van der Waals surface area (Å²) in [4.78, 5) is 24.5. The highest BCUT2D eigenvalue weighted by atomic mass is 16.5. The van der Waals surface area contributed by atoms with Crippen molar-refractivity contribution < 1.29 is 14.6 Å². The van der Waals surface area contributed by atoms with Crippen LogP contribution in [0.15, 0.2) is 73.1 Å². The van der Waals surface area contributed by atoms with Gasteiger partial charge in [-0.05, 0) is 48.1 Å². The van der Waals surface area contributed by atoms with Gasteiger partial charge in [-0.25, -0.2) is 4.98 Å². The van der Waals surface area contributed by atoms with Gasteiger partial charge in [-0.15, -0.1) is 0 Å². The van der Waals surface area contributed by atoms with Gasteiger partial charge in [-0.3, -0.25) is 9.78 Å². The molecule has 2 aliphatic rings. The number of pyridine rings is 2. The summed E-state index contributed by atoms with van der Waals surface area (Å²) in [6, 6.07) is 19.9. The number of fused-ring (bicyclic) bond motifs is 3. The van der Waals surface area contributed by atoms with Crippen LogP contribution in [-0.4, -0.2) is 38.0 Å². The van der Waals surface area contributed by atoms with Crippen LogP contribution in [0.5, 0.6) is 5.88 Å². The summed E-state index contributed by atoms with van der Waals surface area (Å²) < 4.78 is 5.83. The molecule has 1 N–H and O–H groups in total. The van der Waals surface area contributed by atoms with E-state index in [1.807, 2.05) is 65.7 Å². The molecule has 1 saturated carbocycles. The Morgan fingerprint density at radius 3 is 2.64 bits per heavy atom. The summed E-state index contributed by atoms with van der Waals surface area (Å²) in [5.74, 6) is 0.590. The van der Waals surface area contributed by atoms with E-state index in [0.717, 1.165) is 58.8 Å². The van der Waals surface area contributed by atoms with E-state index in [1.54, 1.807) is 6.20 Å². The number of aliphatic hydroxyl groups is 1. The van der Waals surface area contributed by atoms with Gasteiger partial charge in [0.15, 0.2) is 0 Å². The molecule has 6 heteroatoms. The SMILES string of the molecule is O=C1c2cc(Cc3ccc(OCc4ccccc4)nc3)c3cccnc3c2CN1[C@H]1CCCC[C@@H]1O. The minimum Gasteiger partial charge on any atom is -0.473 e. The number of carbonyl (C=O) groups is 1. The van der Waals surface area contributed by atoms with Crippen molar-refractivity contribution in [1.82, 2.24) is 14.9 Å². The lowest BCUT2D eigenvalue weighted by Gasteiger charge is -2.35. The Labute approximate surface area is 210 Å². The number of nitrogens with zero attached hydrogens (tertiary/aromatic N) is 3. The van der Waals surface area contributed by atoms with E-state index in [2.05, 4.69) is 16.0 Å². The number of ether oxygens (including phenoxy) is 1. The summed E-state index contributed by atoms with van der Waals surface area (Å²) in [5.41, 5.74) is 5.75. The molecule has 0 spiro atoms. The van der Waals surface area contributed by atoms with Gasteiger partial charge >= 0.3 is 0 Å². The number of benzene rings is 2. The van der Waals surface area contributed by atoms with Crippen LogP contribution in [0.4, 0.5) is 0 Å². The molecule has 2 aromatic heterocycles. The number of rotatable bonds is 6.